The zero-order valence-corrected chi connectivity index (χ0v) is 13.6. The van der Waals surface area contributed by atoms with Crippen LogP contribution in [0.25, 0.3) is 0 Å². The van der Waals surface area contributed by atoms with Gasteiger partial charge in [-0.15, -0.1) is 0 Å². The summed E-state index contributed by atoms with van der Waals surface area (Å²) < 4.78 is 27.6. The molecular formula is C16H23NO3S. The molecule has 5 heteroatoms. The summed E-state index contributed by atoms with van der Waals surface area (Å²) >= 11 is 0. The monoisotopic (exact) mass is 309 g/mol. The van der Waals surface area contributed by atoms with Crippen LogP contribution in [0, 0.1) is 17.8 Å². The summed E-state index contributed by atoms with van der Waals surface area (Å²) in [6.07, 6.45) is 1.10. The lowest BCUT2D eigenvalue weighted by molar-refractivity contribution is 0.305. The number of rotatable bonds is 6. The van der Waals surface area contributed by atoms with E-state index in [1.807, 2.05) is 6.92 Å². The fourth-order valence-electron chi connectivity index (χ4n) is 2.10. The van der Waals surface area contributed by atoms with Crippen LogP contribution < -0.4 is 4.72 Å². The minimum atomic E-state index is -3.59. The maximum atomic E-state index is 12.4. The van der Waals surface area contributed by atoms with Crippen molar-refractivity contribution in [2.24, 2.45) is 5.92 Å². The average molecular weight is 309 g/mol. The molecule has 1 aromatic rings. The Hall–Kier alpha value is -1.35. The largest absolute Gasteiger partial charge is 0.395 e. The lowest BCUT2D eigenvalue weighted by Gasteiger charge is -2.16. The Labute approximate surface area is 127 Å². The van der Waals surface area contributed by atoms with Gasteiger partial charge in [-0.2, -0.15) is 0 Å². The minimum Gasteiger partial charge on any atom is -0.395 e. The molecular weight excluding hydrogens is 286 g/mol. The topological polar surface area (TPSA) is 66.4 Å². The molecule has 0 fully saturated rings. The normalized spacial score (nSPS) is 12.8. The van der Waals surface area contributed by atoms with Crippen molar-refractivity contribution in [1.82, 2.24) is 4.72 Å². The van der Waals surface area contributed by atoms with Crippen LogP contribution in [0.4, 0.5) is 0 Å². The summed E-state index contributed by atoms with van der Waals surface area (Å²) in [5, 5.41) is 8.74. The maximum absolute atomic E-state index is 12.4. The lowest BCUT2D eigenvalue weighted by atomic mass is 10.1. The van der Waals surface area contributed by atoms with E-state index in [1.54, 1.807) is 24.3 Å². The van der Waals surface area contributed by atoms with Crippen LogP contribution in [-0.4, -0.2) is 26.2 Å². The van der Waals surface area contributed by atoms with Gasteiger partial charge in [-0.05, 0) is 31.4 Å². The molecule has 2 N–H and O–H groups in total. The highest BCUT2D eigenvalue weighted by Crippen LogP contribution is 2.16. The lowest BCUT2D eigenvalue weighted by Crippen LogP contribution is -2.33. The van der Waals surface area contributed by atoms with E-state index in [1.165, 1.54) is 0 Å². The van der Waals surface area contributed by atoms with E-state index in [0.717, 1.165) is 6.42 Å². The molecule has 0 saturated heterocycles. The molecule has 0 heterocycles. The number of benzene rings is 1. The third kappa shape index (κ3) is 5.88. The number of hydrogen-bond donors (Lipinski definition) is 2. The van der Waals surface area contributed by atoms with Crippen molar-refractivity contribution in [2.75, 3.05) is 6.61 Å². The van der Waals surface area contributed by atoms with E-state index in [2.05, 4.69) is 30.4 Å². The highest BCUT2D eigenvalue weighted by atomic mass is 32.2. The van der Waals surface area contributed by atoms with Crippen LogP contribution in [0.3, 0.4) is 0 Å². The highest BCUT2D eigenvalue weighted by molar-refractivity contribution is 7.89. The molecule has 0 aliphatic carbocycles. The first-order chi connectivity index (χ1) is 9.86. The zero-order valence-electron chi connectivity index (χ0n) is 12.8. The molecule has 0 radical (unpaired) electrons. The van der Waals surface area contributed by atoms with Crippen LogP contribution in [0.15, 0.2) is 29.2 Å². The van der Waals surface area contributed by atoms with Crippen LogP contribution >= 0.6 is 0 Å². The number of aliphatic hydroxyl groups is 1. The van der Waals surface area contributed by atoms with Crippen molar-refractivity contribution in [3.8, 4) is 11.8 Å². The molecule has 0 aliphatic rings. The van der Waals surface area contributed by atoms with E-state index >= 15 is 0 Å². The quantitative estimate of drug-likeness (QED) is 0.791. The van der Waals surface area contributed by atoms with Gasteiger partial charge < -0.3 is 5.11 Å². The summed E-state index contributed by atoms with van der Waals surface area (Å²) in [7, 11) is -3.59. The van der Waals surface area contributed by atoms with Crippen molar-refractivity contribution in [2.45, 2.75) is 44.6 Å². The molecule has 1 unspecified atom stereocenters. The standard InChI is InChI=1S/C16H23NO3S/c1-13(2)12-14(3)17-21(19,20)16-10-5-4-8-15(16)9-6-7-11-18/h4-5,8,10,13-14,17-18H,7,11-12H2,1-3H3. The second-order valence-corrected chi connectivity index (χ2v) is 7.11. The van der Waals surface area contributed by atoms with Gasteiger partial charge in [0, 0.05) is 18.0 Å². The number of nitrogens with one attached hydrogen (secondary N) is 1. The molecule has 0 bridgehead atoms. The van der Waals surface area contributed by atoms with E-state index in [0.29, 0.717) is 17.9 Å². The summed E-state index contributed by atoms with van der Waals surface area (Å²) in [6, 6.07) is 6.52. The molecule has 116 valence electrons. The van der Waals surface area contributed by atoms with Gasteiger partial charge >= 0.3 is 0 Å². The molecule has 1 atom stereocenters. The fourth-order valence-corrected chi connectivity index (χ4v) is 3.52. The maximum Gasteiger partial charge on any atom is 0.242 e. The Morgan fingerprint density at radius 1 is 1.24 bits per heavy atom. The molecule has 1 aromatic carbocycles. The molecule has 0 aromatic heterocycles. The molecule has 4 nitrogen and oxygen atoms in total. The van der Waals surface area contributed by atoms with Gasteiger partial charge in [0.15, 0.2) is 0 Å². The third-order valence-electron chi connectivity index (χ3n) is 2.82. The first kappa shape index (κ1) is 17.7. The van der Waals surface area contributed by atoms with E-state index < -0.39 is 10.0 Å². The second kappa shape index (κ2) is 8.18. The van der Waals surface area contributed by atoms with Crippen molar-refractivity contribution in [3.05, 3.63) is 29.8 Å². The Kier molecular flexibility index (Phi) is 6.90. The molecule has 0 spiro atoms. The van der Waals surface area contributed by atoms with E-state index in [-0.39, 0.29) is 17.5 Å². The Morgan fingerprint density at radius 2 is 1.90 bits per heavy atom. The van der Waals surface area contributed by atoms with Crippen LogP contribution in [0.2, 0.25) is 0 Å². The molecule has 21 heavy (non-hydrogen) atoms. The van der Waals surface area contributed by atoms with Gasteiger partial charge in [0.25, 0.3) is 0 Å². The predicted molar refractivity (Wildman–Crippen MR) is 84.3 cm³/mol. The molecule has 0 amide bonds. The van der Waals surface area contributed by atoms with Gasteiger partial charge in [0.05, 0.1) is 11.5 Å². The van der Waals surface area contributed by atoms with Crippen molar-refractivity contribution < 1.29 is 13.5 Å². The van der Waals surface area contributed by atoms with Gasteiger partial charge in [-0.1, -0.05) is 37.8 Å². The number of aliphatic hydroxyl groups excluding tert-OH is 1. The van der Waals surface area contributed by atoms with Gasteiger partial charge in [0.1, 0.15) is 0 Å². The van der Waals surface area contributed by atoms with Crippen molar-refractivity contribution in [3.63, 3.8) is 0 Å². The highest BCUT2D eigenvalue weighted by Gasteiger charge is 2.20. The van der Waals surface area contributed by atoms with E-state index in [9.17, 15) is 8.42 Å². The first-order valence-corrected chi connectivity index (χ1v) is 8.56. The fraction of sp³-hybridized carbons (Fsp3) is 0.500. The number of hydrogen-bond acceptors (Lipinski definition) is 3. The summed E-state index contributed by atoms with van der Waals surface area (Å²) in [4.78, 5) is 0.186. The SMILES string of the molecule is CC(C)CC(C)NS(=O)(=O)c1ccccc1C#CCCO. The second-order valence-electron chi connectivity index (χ2n) is 5.42. The summed E-state index contributed by atoms with van der Waals surface area (Å²) in [5.41, 5.74) is 0.454. The van der Waals surface area contributed by atoms with Crippen molar-refractivity contribution >= 4 is 10.0 Å². The molecule has 0 aliphatic heterocycles. The number of sulfonamides is 1. The van der Waals surface area contributed by atoms with Crippen LogP contribution in [-0.2, 0) is 10.0 Å². The summed E-state index contributed by atoms with van der Waals surface area (Å²) in [5.74, 6) is 5.98. The summed E-state index contributed by atoms with van der Waals surface area (Å²) in [6.45, 7) is 5.93. The molecule has 0 saturated carbocycles. The van der Waals surface area contributed by atoms with Gasteiger partial charge in [0.2, 0.25) is 10.0 Å². The third-order valence-corrected chi connectivity index (χ3v) is 4.47. The zero-order chi connectivity index (χ0) is 15.9. The average Bonchev–Trinajstić information content (AvgIpc) is 2.37. The Morgan fingerprint density at radius 3 is 2.52 bits per heavy atom. The molecule has 1 rings (SSSR count). The predicted octanol–water partition coefficient (Wildman–Crippen LogP) is 2.13. The first-order valence-electron chi connectivity index (χ1n) is 7.08. The smallest absolute Gasteiger partial charge is 0.242 e. The Balaban J connectivity index is 3.01. The van der Waals surface area contributed by atoms with Gasteiger partial charge in [-0.3, -0.25) is 0 Å². The van der Waals surface area contributed by atoms with E-state index in [4.69, 9.17) is 5.11 Å². The minimum absolute atomic E-state index is 0.0361. The van der Waals surface area contributed by atoms with Crippen molar-refractivity contribution in [1.29, 1.82) is 0 Å². The van der Waals surface area contributed by atoms with Gasteiger partial charge in [-0.25, -0.2) is 13.1 Å². The van der Waals surface area contributed by atoms with Crippen LogP contribution in [0.1, 0.15) is 39.2 Å². The van der Waals surface area contributed by atoms with Crippen LogP contribution in [0.5, 0.6) is 0 Å². The Bertz CT molecular complexity index is 612.